The summed E-state index contributed by atoms with van der Waals surface area (Å²) in [7, 11) is 0. The van der Waals surface area contributed by atoms with Gasteiger partial charge in [0.25, 0.3) is 0 Å². The molecule has 0 aliphatic heterocycles. The lowest BCUT2D eigenvalue weighted by molar-refractivity contribution is 0.146. The van der Waals surface area contributed by atoms with Crippen LogP contribution in [-0.4, -0.2) is 14.9 Å². The zero-order chi connectivity index (χ0) is 14.3. The van der Waals surface area contributed by atoms with Crippen LogP contribution in [0.25, 0.3) is 0 Å². The van der Waals surface area contributed by atoms with Crippen molar-refractivity contribution in [2.24, 2.45) is 5.92 Å². The number of hydrogen-bond donors (Lipinski definition) is 1. The summed E-state index contributed by atoms with van der Waals surface area (Å²) in [5.74, 6) is 2.93. The second kappa shape index (κ2) is 5.09. The summed E-state index contributed by atoms with van der Waals surface area (Å²) in [6.07, 6.45) is 3.02. The number of rotatable bonds is 5. The first kappa shape index (κ1) is 13.4. The molecule has 3 unspecified atom stereocenters. The summed E-state index contributed by atoms with van der Waals surface area (Å²) >= 11 is 0. The number of hydrogen-bond acceptors (Lipinski definition) is 3. The molecule has 0 bridgehead atoms. The first-order valence-corrected chi connectivity index (χ1v) is 7.36. The molecule has 2 aromatic rings. The number of aromatic nitrogens is 2. The first-order valence-electron chi connectivity index (χ1n) is 7.36. The van der Waals surface area contributed by atoms with Crippen molar-refractivity contribution in [1.82, 2.24) is 9.78 Å². The van der Waals surface area contributed by atoms with Gasteiger partial charge in [0.1, 0.15) is 17.6 Å². The number of nitrogens with zero attached hydrogens (tertiary/aromatic N) is 2. The summed E-state index contributed by atoms with van der Waals surface area (Å²) in [5, 5.41) is 14.7. The Bertz CT molecular complexity index is 585. The van der Waals surface area contributed by atoms with E-state index in [4.69, 9.17) is 4.42 Å². The molecule has 3 atom stereocenters. The first-order chi connectivity index (χ1) is 9.54. The fraction of sp³-hybridized carbons (Fsp3) is 0.562. The van der Waals surface area contributed by atoms with E-state index in [1.165, 1.54) is 6.42 Å². The van der Waals surface area contributed by atoms with Crippen LogP contribution in [0.2, 0.25) is 0 Å². The zero-order valence-corrected chi connectivity index (χ0v) is 12.3. The van der Waals surface area contributed by atoms with Crippen LogP contribution in [0.3, 0.4) is 0 Å². The molecule has 4 nitrogen and oxygen atoms in total. The number of furan rings is 1. The third kappa shape index (κ3) is 2.66. The maximum Gasteiger partial charge on any atom is 0.133 e. The fourth-order valence-corrected chi connectivity index (χ4v) is 2.54. The van der Waals surface area contributed by atoms with Crippen molar-refractivity contribution in [2.45, 2.75) is 51.7 Å². The van der Waals surface area contributed by atoms with Crippen LogP contribution in [0.15, 0.2) is 28.8 Å². The molecule has 20 heavy (non-hydrogen) atoms. The Labute approximate surface area is 119 Å². The highest BCUT2D eigenvalue weighted by Crippen LogP contribution is 2.47. The van der Waals surface area contributed by atoms with Crippen LogP contribution >= 0.6 is 0 Å². The van der Waals surface area contributed by atoms with E-state index in [0.29, 0.717) is 30.1 Å². The van der Waals surface area contributed by atoms with E-state index in [0.717, 1.165) is 11.5 Å². The molecule has 0 aromatic carbocycles. The monoisotopic (exact) mass is 274 g/mol. The Kier molecular flexibility index (Phi) is 3.42. The molecule has 1 N–H and O–H groups in total. The molecule has 0 spiro atoms. The van der Waals surface area contributed by atoms with Gasteiger partial charge in [-0.15, -0.1) is 0 Å². The number of aliphatic hydroxyl groups excluding tert-OH is 1. The Morgan fingerprint density at radius 2 is 2.15 bits per heavy atom. The molecule has 1 aliphatic carbocycles. The summed E-state index contributed by atoms with van der Waals surface area (Å²) in [6.45, 7) is 6.40. The van der Waals surface area contributed by atoms with Gasteiger partial charge < -0.3 is 9.52 Å². The quantitative estimate of drug-likeness (QED) is 0.908. The van der Waals surface area contributed by atoms with Crippen LogP contribution in [0, 0.1) is 5.92 Å². The topological polar surface area (TPSA) is 51.2 Å². The van der Waals surface area contributed by atoms with Crippen LogP contribution in [0.4, 0.5) is 0 Å². The van der Waals surface area contributed by atoms with E-state index in [-0.39, 0.29) is 0 Å². The second-order valence-electron chi connectivity index (χ2n) is 6.16. The standard InChI is InChI=1S/C16H22N2O2/c1-10(2)18-7-6-12(17-18)9-14(19)16-5-4-15(20-16)13-8-11(13)3/h4-7,10-11,13-14,19H,8-9H2,1-3H3. The maximum atomic E-state index is 10.3. The van der Waals surface area contributed by atoms with Gasteiger partial charge >= 0.3 is 0 Å². The highest BCUT2D eigenvalue weighted by Gasteiger charge is 2.36. The van der Waals surface area contributed by atoms with Crippen molar-refractivity contribution in [3.05, 3.63) is 41.6 Å². The molecular formula is C16H22N2O2. The summed E-state index contributed by atoms with van der Waals surface area (Å²) in [4.78, 5) is 0. The van der Waals surface area contributed by atoms with Crippen molar-refractivity contribution in [1.29, 1.82) is 0 Å². The smallest absolute Gasteiger partial charge is 0.133 e. The van der Waals surface area contributed by atoms with Gasteiger partial charge in [-0.3, -0.25) is 4.68 Å². The van der Waals surface area contributed by atoms with E-state index in [1.54, 1.807) is 0 Å². The lowest BCUT2D eigenvalue weighted by Gasteiger charge is -2.07. The molecule has 1 aliphatic rings. The molecular weight excluding hydrogens is 252 g/mol. The molecule has 1 fully saturated rings. The Balaban J connectivity index is 1.66. The zero-order valence-electron chi connectivity index (χ0n) is 12.3. The molecule has 0 saturated heterocycles. The highest BCUT2D eigenvalue weighted by molar-refractivity contribution is 5.19. The van der Waals surface area contributed by atoms with Gasteiger partial charge in [0.2, 0.25) is 0 Å². The minimum absolute atomic E-state index is 0.340. The third-order valence-corrected chi connectivity index (χ3v) is 4.05. The molecule has 0 amide bonds. The molecule has 2 heterocycles. The second-order valence-corrected chi connectivity index (χ2v) is 6.16. The Hall–Kier alpha value is -1.55. The van der Waals surface area contributed by atoms with E-state index < -0.39 is 6.10 Å². The van der Waals surface area contributed by atoms with E-state index in [9.17, 15) is 5.11 Å². The predicted octanol–water partition coefficient (Wildman–Crippen LogP) is 3.46. The van der Waals surface area contributed by atoms with Crippen LogP contribution < -0.4 is 0 Å². The summed E-state index contributed by atoms with van der Waals surface area (Å²) < 4.78 is 7.69. The molecule has 2 aromatic heterocycles. The average Bonchev–Trinajstić information content (AvgIpc) is 2.87. The van der Waals surface area contributed by atoms with Gasteiger partial charge in [0, 0.05) is 24.6 Å². The van der Waals surface area contributed by atoms with Crippen molar-refractivity contribution in [3.8, 4) is 0 Å². The van der Waals surface area contributed by atoms with Gasteiger partial charge in [-0.25, -0.2) is 0 Å². The van der Waals surface area contributed by atoms with E-state index in [1.807, 2.05) is 29.1 Å². The van der Waals surface area contributed by atoms with Gasteiger partial charge in [-0.1, -0.05) is 6.92 Å². The largest absolute Gasteiger partial charge is 0.463 e. The van der Waals surface area contributed by atoms with Crippen LogP contribution in [-0.2, 0) is 6.42 Å². The average molecular weight is 274 g/mol. The van der Waals surface area contributed by atoms with E-state index >= 15 is 0 Å². The molecule has 1 saturated carbocycles. The van der Waals surface area contributed by atoms with Gasteiger partial charge in [0.05, 0.1) is 5.69 Å². The molecule has 3 rings (SSSR count). The Morgan fingerprint density at radius 1 is 1.40 bits per heavy atom. The lowest BCUT2D eigenvalue weighted by atomic mass is 10.1. The van der Waals surface area contributed by atoms with Gasteiger partial charge in [-0.2, -0.15) is 5.10 Å². The minimum atomic E-state index is -0.617. The Morgan fingerprint density at radius 3 is 2.75 bits per heavy atom. The highest BCUT2D eigenvalue weighted by atomic mass is 16.4. The van der Waals surface area contributed by atoms with Crippen molar-refractivity contribution < 1.29 is 9.52 Å². The summed E-state index contributed by atoms with van der Waals surface area (Å²) in [6, 6.07) is 6.19. The SMILES string of the molecule is CC1CC1c1ccc(C(O)Cc2ccn(C(C)C)n2)o1. The van der Waals surface area contributed by atoms with Crippen LogP contribution in [0.1, 0.15) is 62.5 Å². The molecule has 4 heteroatoms. The molecule has 108 valence electrons. The summed E-state index contributed by atoms with van der Waals surface area (Å²) in [5.41, 5.74) is 0.893. The van der Waals surface area contributed by atoms with Crippen molar-refractivity contribution >= 4 is 0 Å². The van der Waals surface area contributed by atoms with Crippen molar-refractivity contribution in [3.63, 3.8) is 0 Å². The van der Waals surface area contributed by atoms with E-state index in [2.05, 4.69) is 25.9 Å². The molecule has 0 radical (unpaired) electrons. The number of aliphatic hydroxyl groups is 1. The van der Waals surface area contributed by atoms with Crippen molar-refractivity contribution in [2.75, 3.05) is 0 Å². The fourth-order valence-electron chi connectivity index (χ4n) is 2.54. The third-order valence-electron chi connectivity index (χ3n) is 4.05. The lowest BCUT2D eigenvalue weighted by Crippen LogP contribution is -2.05. The van der Waals surface area contributed by atoms with Crippen LogP contribution in [0.5, 0.6) is 0 Å². The maximum absolute atomic E-state index is 10.3. The minimum Gasteiger partial charge on any atom is -0.463 e. The van der Waals surface area contributed by atoms with Gasteiger partial charge in [0.15, 0.2) is 0 Å². The predicted molar refractivity (Wildman–Crippen MR) is 76.5 cm³/mol. The normalized spacial score (nSPS) is 23.2. The van der Waals surface area contributed by atoms with Gasteiger partial charge in [-0.05, 0) is 44.4 Å².